The van der Waals surface area contributed by atoms with Crippen molar-refractivity contribution in [2.24, 2.45) is 0 Å². The van der Waals surface area contributed by atoms with Gasteiger partial charge in [-0.2, -0.15) is 0 Å². The number of sulfonamides is 1. The summed E-state index contributed by atoms with van der Waals surface area (Å²) in [7, 11) is -4.23. The minimum atomic E-state index is -4.23. The van der Waals surface area contributed by atoms with E-state index in [2.05, 4.69) is 5.32 Å². The van der Waals surface area contributed by atoms with Crippen LogP contribution in [0.25, 0.3) is 0 Å². The van der Waals surface area contributed by atoms with Gasteiger partial charge < -0.3 is 15.0 Å². The van der Waals surface area contributed by atoms with Crippen LogP contribution in [0.1, 0.15) is 44.7 Å². The zero-order valence-corrected chi connectivity index (χ0v) is 27.3. The van der Waals surface area contributed by atoms with Gasteiger partial charge in [-0.1, -0.05) is 61.9 Å². The number of carbonyl (C=O) groups is 2. The van der Waals surface area contributed by atoms with Gasteiger partial charge in [0.1, 0.15) is 29.9 Å². The molecule has 0 aromatic heterocycles. The van der Waals surface area contributed by atoms with Crippen molar-refractivity contribution in [3.8, 4) is 11.5 Å². The number of amides is 2. The molecule has 0 unspecified atom stereocenters. The second-order valence-corrected chi connectivity index (χ2v) is 13.0. The number of rotatable bonds is 14. The Morgan fingerprint density at radius 2 is 1.43 bits per heavy atom. The Morgan fingerprint density at radius 1 is 0.826 bits per heavy atom. The highest BCUT2D eigenvalue weighted by atomic mass is 32.2. The van der Waals surface area contributed by atoms with E-state index in [1.165, 1.54) is 29.2 Å². The van der Waals surface area contributed by atoms with Crippen molar-refractivity contribution < 1.29 is 27.1 Å². The highest BCUT2D eigenvalue weighted by Gasteiger charge is 2.34. The standard InChI is InChI=1S/C36H40FN3O5S/c1-5-27(4)38-36(42)34(6-2)39(24-28-14-16-29(37)17-15-28)35(41)25-40(46(43,44)33-22-12-26(3)13-23-33)30-18-20-32(21-19-30)45-31-10-8-7-9-11-31/h7-23,27,34H,5-6,24-25H2,1-4H3,(H,38,42)/t27-,34-/m1/s1. The molecular formula is C36H40FN3O5S. The molecule has 0 radical (unpaired) electrons. The van der Waals surface area contributed by atoms with Crippen LogP contribution in [0.4, 0.5) is 10.1 Å². The molecule has 2 amide bonds. The highest BCUT2D eigenvalue weighted by Crippen LogP contribution is 2.29. The fourth-order valence-electron chi connectivity index (χ4n) is 4.82. The molecule has 4 aromatic rings. The van der Waals surface area contributed by atoms with Crippen molar-refractivity contribution >= 4 is 27.5 Å². The third-order valence-electron chi connectivity index (χ3n) is 7.64. The van der Waals surface area contributed by atoms with E-state index in [9.17, 15) is 22.4 Å². The van der Waals surface area contributed by atoms with Crippen LogP contribution in [-0.2, 0) is 26.2 Å². The Labute approximate surface area is 270 Å². The van der Waals surface area contributed by atoms with E-state index >= 15 is 0 Å². The first-order chi connectivity index (χ1) is 22.0. The summed E-state index contributed by atoms with van der Waals surface area (Å²) in [5.74, 6) is -0.261. The lowest BCUT2D eigenvalue weighted by molar-refractivity contribution is -0.140. The van der Waals surface area contributed by atoms with Gasteiger partial charge in [0.25, 0.3) is 10.0 Å². The van der Waals surface area contributed by atoms with Gasteiger partial charge in [-0.3, -0.25) is 13.9 Å². The van der Waals surface area contributed by atoms with Gasteiger partial charge in [0.15, 0.2) is 0 Å². The summed E-state index contributed by atoms with van der Waals surface area (Å²) >= 11 is 0. The van der Waals surface area contributed by atoms with E-state index in [-0.39, 0.29) is 35.5 Å². The van der Waals surface area contributed by atoms with Crippen molar-refractivity contribution in [1.82, 2.24) is 10.2 Å². The molecular weight excluding hydrogens is 605 g/mol. The number of nitrogens with zero attached hydrogens (tertiary/aromatic N) is 2. The molecule has 2 atom stereocenters. The van der Waals surface area contributed by atoms with Gasteiger partial charge in [-0.15, -0.1) is 0 Å². The van der Waals surface area contributed by atoms with Crippen LogP contribution in [0.5, 0.6) is 11.5 Å². The van der Waals surface area contributed by atoms with Crippen LogP contribution in [0, 0.1) is 12.7 Å². The maximum atomic E-state index is 14.2. The first-order valence-electron chi connectivity index (χ1n) is 15.3. The summed E-state index contributed by atoms with van der Waals surface area (Å²) in [6, 6.07) is 26.6. The summed E-state index contributed by atoms with van der Waals surface area (Å²) in [6.07, 6.45) is 0.978. The number of ether oxygens (including phenoxy) is 1. The summed E-state index contributed by atoms with van der Waals surface area (Å²) in [5, 5.41) is 2.94. The van der Waals surface area contributed by atoms with Crippen LogP contribution in [0.3, 0.4) is 0 Å². The number of hydrogen-bond donors (Lipinski definition) is 1. The number of nitrogens with one attached hydrogen (secondary N) is 1. The average Bonchev–Trinajstić information content (AvgIpc) is 3.05. The molecule has 0 aliphatic carbocycles. The molecule has 0 aliphatic heterocycles. The fourth-order valence-corrected chi connectivity index (χ4v) is 6.23. The molecule has 4 rings (SSSR count). The zero-order valence-electron chi connectivity index (χ0n) is 26.5. The Morgan fingerprint density at radius 3 is 2.02 bits per heavy atom. The van der Waals surface area contributed by atoms with Gasteiger partial charge in [-0.05, 0) is 92.9 Å². The number of halogens is 1. The number of benzene rings is 4. The molecule has 8 nitrogen and oxygen atoms in total. The normalized spacial score (nSPS) is 12.5. The van der Waals surface area contributed by atoms with Gasteiger partial charge in [0, 0.05) is 12.6 Å². The Bertz CT molecular complexity index is 1700. The molecule has 0 fully saturated rings. The SMILES string of the molecule is CC[C@@H](C)NC(=O)[C@@H](CC)N(Cc1ccc(F)cc1)C(=O)CN(c1ccc(Oc2ccccc2)cc1)S(=O)(=O)c1ccc(C)cc1. The molecule has 0 saturated heterocycles. The molecule has 0 saturated carbocycles. The van der Waals surface area contributed by atoms with Crippen LogP contribution in [0.15, 0.2) is 108 Å². The van der Waals surface area contributed by atoms with Gasteiger partial charge in [-0.25, -0.2) is 12.8 Å². The monoisotopic (exact) mass is 645 g/mol. The van der Waals surface area contributed by atoms with Gasteiger partial charge in [0.05, 0.1) is 10.6 Å². The van der Waals surface area contributed by atoms with Crippen LogP contribution >= 0.6 is 0 Å². The Balaban J connectivity index is 1.72. The molecule has 46 heavy (non-hydrogen) atoms. The lowest BCUT2D eigenvalue weighted by Gasteiger charge is -2.33. The number of hydrogen-bond acceptors (Lipinski definition) is 5. The van der Waals surface area contributed by atoms with E-state index in [0.717, 1.165) is 9.87 Å². The predicted molar refractivity (Wildman–Crippen MR) is 178 cm³/mol. The molecule has 4 aromatic carbocycles. The summed E-state index contributed by atoms with van der Waals surface area (Å²) in [6.45, 7) is 6.86. The number of carbonyl (C=O) groups excluding carboxylic acids is 2. The molecule has 0 aliphatic rings. The first-order valence-corrected chi connectivity index (χ1v) is 16.7. The first kappa shape index (κ1) is 34.2. The minimum absolute atomic E-state index is 0.0159. The second kappa shape index (κ2) is 15.5. The van der Waals surface area contributed by atoms with E-state index in [0.29, 0.717) is 23.5 Å². The van der Waals surface area contributed by atoms with Crippen molar-refractivity contribution in [1.29, 1.82) is 0 Å². The van der Waals surface area contributed by atoms with Crippen LogP contribution < -0.4 is 14.4 Å². The van der Waals surface area contributed by atoms with Crippen molar-refractivity contribution in [2.75, 3.05) is 10.8 Å². The molecule has 1 N–H and O–H groups in total. The number of anilines is 1. The lowest BCUT2D eigenvalue weighted by atomic mass is 10.1. The van der Waals surface area contributed by atoms with Crippen LogP contribution in [-0.4, -0.2) is 43.8 Å². The third kappa shape index (κ3) is 8.72. The fraction of sp³-hybridized carbons (Fsp3) is 0.278. The molecule has 242 valence electrons. The van der Waals surface area contributed by atoms with Crippen molar-refractivity contribution in [3.63, 3.8) is 0 Å². The maximum Gasteiger partial charge on any atom is 0.264 e. The van der Waals surface area contributed by atoms with E-state index in [4.69, 9.17) is 4.74 Å². The predicted octanol–water partition coefficient (Wildman–Crippen LogP) is 6.84. The maximum absolute atomic E-state index is 14.2. The quantitative estimate of drug-likeness (QED) is 0.162. The van der Waals surface area contributed by atoms with E-state index in [1.807, 2.05) is 39.0 Å². The minimum Gasteiger partial charge on any atom is -0.457 e. The van der Waals surface area contributed by atoms with Crippen molar-refractivity contribution in [2.45, 2.75) is 64.1 Å². The third-order valence-corrected chi connectivity index (χ3v) is 9.43. The molecule has 0 bridgehead atoms. The average molecular weight is 646 g/mol. The molecule has 10 heteroatoms. The molecule has 0 spiro atoms. The second-order valence-electron chi connectivity index (χ2n) is 11.1. The largest absolute Gasteiger partial charge is 0.457 e. The smallest absolute Gasteiger partial charge is 0.264 e. The number of aryl methyl sites for hydroxylation is 1. The highest BCUT2D eigenvalue weighted by molar-refractivity contribution is 7.92. The molecule has 0 heterocycles. The summed E-state index contributed by atoms with van der Waals surface area (Å²) in [4.78, 5) is 29.0. The topological polar surface area (TPSA) is 96.0 Å². The van der Waals surface area contributed by atoms with Gasteiger partial charge >= 0.3 is 0 Å². The zero-order chi connectivity index (χ0) is 33.3. The summed E-state index contributed by atoms with van der Waals surface area (Å²) in [5.41, 5.74) is 1.72. The summed E-state index contributed by atoms with van der Waals surface area (Å²) < 4.78 is 48.9. The van der Waals surface area contributed by atoms with E-state index < -0.39 is 34.3 Å². The lowest BCUT2D eigenvalue weighted by Crippen LogP contribution is -2.53. The van der Waals surface area contributed by atoms with E-state index in [1.54, 1.807) is 67.6 Å². The Kier molecular flexibility index (Phi) is 11.5. The number of para-hydroxylation sites is 1. The van der Waals surface area contributed by atoms with Gasteiger partial charge in [0.2, 0.25) is 11.8 Å². The van der Waals surface area contributed by atoms with Crippen LogP contribution in [0.2, 0.25) is 0 Å². The van der Waals surface area contributed by atoms with Crippen molar-refractivity contribution in [3.05, 3.63) is 120 Å². The Hall–Kier alpha value is -4.70.